The molecular weight excluding hydrogens is 475 g/mol. The Morgan fingerprint density at radius 2 is 1.91 bits per heavy atom. The second-order valence-corrected chi connectivity index (χ2v) is 8.55. The Morgan fingerprint density at radius 1 is 1.06 bits per heavy atom. The van der Waals surface area contributed by atoms with E-state index in [1.54, 1.807) is 39.9 Å². The number of aromatic nitrogens is 7. The predicted molar refractivity (Wildman–Crippen MR) is 130 cm³/mol. The normalized spacial score (nSPS) is 11.3. The summed E-state index contributed by atoms with van der Waals surface area (Å²) in [5.41, 5.74) is 4.95. The van der Waals surface area contributed by atoms with Gasteiger partial charge in [0.1, 0.15) is 5.56 Å². The van der Waals surface area contributed by atoms with Gasteiger partial charge >= 0.3 is 0 Å². The molecule has 4 aromatic heterocycles. The summed E-state index contributed by atoms with van der Waals surface area (Å²) in [5.74, 6) is -0.324. The highest BCUT2D eigenvalue weighted by atomic mass is 35.5. The molecule has 0 atom stereocenters. The van der Waals surface area contributed by atoms with Crippen molar-refractivity contribution in [2.45, 2.75) is 26.9 Å². The van der Waals surface area contributed by atoms with Gasteiger partial charge in [-0.2, -0.15) is 15.3 Å². The lowest BCUT2D eigenvalue weighted by molar-refractivity contribution is 0.102. The fraction of sp³-hybridized carbons (Fsp3) is 0.174. The van der Waals surface area contributed by atoms with Gasteiger partial charge in [0.2, 0.25) is 0 Å². The van der Waals surface area contributed by atoms with E-state index in [1.165, 1.54) is 6.20 Å². The maximum atomic E-state index is 13.0. The summed E-state index contributed by atoms with van der Waals surface area (Å²) in [6, 6.07) is 7.27. The number of aryl methyl sites for hydroxylation is 2. The molecule has 34 heavy (non-hydrogen) atoms. The van der Waals surface area contributed by atoms with Crippen molar-refractivity contribution in [3.63, 3.8) is 0 Å². The molecule has 0 aliphatic carbocycles. The maximum absolute atomic E-state index is 13.0. The smallest absolute Gasteiger partial charge is 0.261 e. The summed E-state index contributed by atoms with van der Waals surface area (Å²) >= 11 is 12.1. The number of hydrogen-bond donors (Lipinski definition) is 1. The van der Waals surface area contributed by atoms with Crippen LogP contribution in [0.3, 0.4) is 0 Å². The number of hydrogen-bond acceptors (Lipinski definition) is 5. The number of benzene rings is 1. The molecule has 11 heteroatoms. The molecule has 5 rings (SSSR count). The quantitative estimate of drug-likeness (QED) is 0.368. The number of nitrogens with zero attached hydrogens (tertiary/aromatic N) is 7. The minimum atomic E-state index is -0.324. The first kappa shape index (κ1) is 22.1. The Kier molecular flexibility index (Phi) is 5.80. The van der Waals surface area contributed by atoms with E-state index >= 15 is 0 Å². The summed E-state index contributed by atoms with van der Waals surface area (Å²) in [4.78, 5) is 17.4. The monoisotopic (exact) mass is 494 g/mol. The van der Waals surface area contributed by atoms with Crippen LogP contribution in [0.1, 0.15) is 28.5 Å². The van der Waals surface area contributed by atoms with E-state index in [9.17, 15) is 4.79 Å². The van der Waals surface area contributed by atoms with Crippen LogP contribution in [0.15, 0.2) is 55.2 Å². The molecule has 9 nitrogen and oxygen atoms in total. The molecule has 0 spiro atoms. The number of fused-ring (bicyclic) bond motifs is 1. The van der Waals surface area contributed by atoms with Crippen LogP contribution in [0.25, 0.3) is 16.9 Å². The molecule has 0 saturated carbocycles. The highest BCUT2D eigenvalue weighted by Gasteiger charge is 2.18. The van der Waals surface area contributed by atoms with Gasteiger partial charge in [-0.1, -0.05) is 29.3 Å². The Hall–Kier alpha value is -3.69. The number of nitrogens with one attached hydrogen (secondary N) is 1. The standard InChI is InChI=1S/C23H20Cl2N8O/c1-3-31-13-18(14(2)30-31)21-6-7-26-22-17(10-28-33(21)22)23(34)29-16-9-27-32(12-16)11-15-4-5-19(24)20(25)8-15/h4-10,12-13H,3,11H2,1-2H3,(H,29,34). The maximum Gasteiger partial charge on any atom is 0.261 e. The van der Waals surface area contributed by atoms with Crippen LogP contribution in [0.4, 0.5) is 5.69 Å². The summed E-state index contributed by atoms with van der Waals surface area (Å²) in [6.07, 6.45) is 8.48. The summed E-state index contributed by atoms with van der Waals surface area (Å²) in [5, 5.41) is 17.1. The predicted octanol–water partition coefficient (Wildman–Crippen LogP) is 4.73. The minimum Gasteiger partial charge on any atom is -0.319 e. The van der Waals surface area contributed by atoms with Gasteiger partial charge < -0.3 is 5.32 Å². The molecule has 0 aliphatic heterocycles. The first-order valence-electron chi connectivity index (χ1n) is 10.6. The Morgan fingerprint density at radius 3 is 2.68 bits per heavy atom. The topological polar surface area (TPSA) is 94.9 Å². The van der Waals surface area contributed by atoms with Gasteiger partial charge in [-0.3, -0.25) is 14.2 Å². The fourth-order valence-corrected chi connectivity index (χ4v) is 4.05. The van der Waals surface area contributed by atoms with Gasteiger partial charge in [-0.05, 0) is 37.6 Å². The number of amides is 1. The lowest BCUT2D eigenvalue weighted by Gasteiger charge is -2.05. The minimum absolute atomic E-state index is 0.324. The Bertz CT molecular complexity index is 1520. The van der Waals surface area contributed by atoms with Gasteiger partial charge in [0, 0.05) is 30.7 Å². The molecule has 1 N–H and O–H groups in total. The zero-order chi connectivity index (χ0) is 23.8. The van der Waals surface area contributed by atoms with Crippen molar-refractivity contribution in [3.8, 4) is 11.3 Å². The molecule has 5 aromatic rings. The Balaban J connectivity index is 1.37. The first-order chi connectivity index (χ1) is 16.4. The van der Waals surface area contributed by atoms with Crippen molar-refractivity contribution in [2.75, 3.05) is 5.32 Å². The highest BCUT2D eigenvalue weighted by Crippen LogP contribution is 2.25. The molecule has 172 valence electrons. The molecule has 0 aliphatic rings. The lowest BCUT2D eigenvalue weighted by atomic mass is 10.2. The van der Waals surface area contributed by atoms with Crippen LogP contribution in [0.5, 0.6) is 0 Å². The largest absolute Gasteiger partial charge is 0.319 e. The second kappa shape index (κ2) is 8.92. The van der Waals surface area contributed by atoms with Crippen LogP contribution in [-0.2, 0) is 13.1 Å². The number of halogens is 2. The van der Waals surface area contributed by atoms with Gasteiger partial charge in [-0.25, -0.2) is 9.50 Å². The molecule has 0 saturated heterocycles. The molecule has 0 radical (unpaired) electrons. The van der Waals surface area contributed by atoms with Gasteiger partial charge in [-0.15, -0.1) is 0 Å². The molecule has 4 heterocycles. The van der Waals surface area contributed by atoms with Crippen molar-refractivity contribution in [3.05, 3.63) is 82.1 Å². The van der Waals surface area contributed by atoms with E-state index < -0.39 is 0 Å². The van der Waals surface area contributed by atoms with E-state index in [-0.39, 0.29) is 5.91 Å². The van der Waals surface area contributed by atoms with Crippen LogP contribution < -0.4 is 5.32 Å². The first-order valence-corrected chi connectivity index (χ1v) is 11.3. The third-order valence-corrected chi connectivity index (χ3v) is 6.15. The lowest BCUT2D eigenvalue weighted by Crippen LogP contribution is -2.11. The van der Waals surface area contributed by atoms with Gasteiger partial charge in [0.25, 0.3) is 5.91 Å². The summed E-state index contributed by atoms with van der Waals surface area (Å²) < 4.78 is 5.23. The molecule has 1 aromatic carbocycles. The van der Waals surface area contributed by atoms with E-state index in [1.807, 2.05) is 36.9 Å². The zero-order valence-electron chi connectivity index (χ0n) is 18.4. The Labute approximate surface area is 204 Å². The number of carbonyl (C=O) groups excluding carboxylic acids is 1. The molecule has 0 bridgehead atoms. The van der Waals surface area contributed by atoms with Crippen LogP contribution >= 0.6 is 23.2 Å². The van der Waals surface area contributed by atoms with Gasteiger partial charge in [0.05, 0.1) is 46.1 Å². The van der Waals surface area contributed by atoms with Crippen LogP contribution in [0.2, 0.25) is 10.0 Å². The van der Waals surface area contributed by atoms with Crippen molar-refractivity contribution in [1.29, 1.82) is 0 Å². The van der Waals surface area contributed by atoms with Gasteiger partial charge in [0.15, 0.2) is 5.65 Å². The highest BCUT2D eigenvalue weighted by molar-refractivity contribution is 6.42. The van der Waals surface area contributed by atoms with E-state index in [2.05, 4.69) is 25.6 Å². The van der Waals surface area contributed by atoms with Crippen molar-refractivity contribution >= 4 is 40.4 Å². The van der Waals surface area contributed by atoms with Crippen LogP contribution in [-0.4, -0.2) is 40.1 Å². The SMILES string of the molecule is CCn1cc(-c2ccnc3c(C(=O)Nc4cnn(Cc5ccc(Cl)c(Cl)c5)c4)cnn23)c(C)n1. The molecule has 1 amide bonds. The second-order valence-electron chi connectivity index (χ2n) is 7.74. The fourth-order valence-electron chi connectivity index (χ4n) is 3.73. The molecule has 0 fully saturated rings. The third-order valence-electron chi connectivity index (χ3n) is 5.41. The van der Waals surface area contributed by atoms with E-state index in [0.717, 1.165) is 29.1 Å². The zero-order valence-corrected chi connectivity index (χ0v) is 19.9. The average Bonchev–Trinajstić information content (AvgIpc) is 3.54. The third kappa shape index (κ3) is 4.15. The van der Waals surface area contributed by atoms with Crippen LogP contribution in [0, 0.1) is 6.92 Å². The number of carbonyl (C=O) groups is 1. The summed E-state index contributed by atoms with van der Waals surface area (Å²) in [7, 11) is 0. The van der Waals surface area contributed by atoms with Crippen molar-refractivity contribution < 1.29 is 4.79 Å². The molecule has 0 unspecified atom stereocenters. The number of anilines is 1. The summed E-state index contributed by atoms with van der Waals surface area (Å²) in [6.45, 7) is 5.22. The number of rotatable bonds is 6. The van der Waals surface area contributed by atoms with E-state index in [0.29, 0.717) is 33.5 Å². The van der Waals surface area contributed by atoms with Crippen molar-refractivity contribution in [2.24, 2.45) is 0 Å². The van der Waals surface area contributed by atoms with E-state index in [4.69, 9.17) is 23.2 Å². The average molecular weight is 495 g/mol. The van der Waals surface area contributed by atoms with Crippen molar-refractivity contribution in [1.82, 2.24) is 34.2 Å². The molecular formula is C23H20Cl2N8O.